The van der Waals surface area contributed by atoms with Gasteiger partial charge in [0, 0.05) is 4.47 Å². The van der Waals surface area contributed by atoms with Gasteiger partial charge >= 0.3 is 0 Å². The van der Waals surface area contributed by atoms with Crippen molar-refractivity contribution in [3.05, 3.63) is 34.3 Å². The lowest BCUT2D eigenvalue weighted by molar-refractivity contribution is 0.0349. The lowest BCUT2D eigenvalue weighted by atomic mass is 10.1. The van der Waals surface area contributed by atoms with E-state index in [9.17, 15) is 0 Å². The molecule has 2 nitrogen and oxygen atoms in total. The maximum absolute atomic E-state index is 5.87. The molecule has 1 aliphatic rings. The zero-order valence-electron chi connectivity index (χ0n) is 9.42. The smallest absolute Gasteiger partial charge is 0.0599 e. The molecule has 1 N–H and O–H groups in total. The number of nitrogens with one attached hydrogen (secondary N) is 1. The highest BCUT2D eigenvalue weighted by Crippen LogP contribution is 2.12. The summed E-state index contributed by atoms with van der Waals surface area (Å²) >= 11 is 3.44. The second-order valence-corrected chi connectivity index (χ2v) is 5.11. The molecule has 16 heavy (non-hydrogen) atoms. The monoisotopic (exact) mass is 283 g/mol. The molecule has 0 bridgehead atoms. The summed E-state index contributed by atoms with van der Waals surface area (Å²) in [6.45, 7) is 3.04. The van der Waals surface area contributed by atoms with Crippen LogP contribution in [0.5, 0.6) is 0 Å². The first-order valence-electron chi connectivity index (χ1n) is 5.91. The van der Waals surface area contributed by atoms with E-state index in [1.54, 1.807) is 0 Å². The molecule has 0 unspecified atom stereocenters. The third-order valence-corrected chi connectivity index (χ3v) is 3.47. The predicted molar refractivity (Wildman–Crippen MR) is 69.7 cm³/mol. The summed E-state index contributed by atoms with van der Waals surface area (Å²) < 4.78 is 7.00. The molecule has 2 rings (SSSR count). The minimum Gasteiger partial charge on any atom is -0.378 e. The van der Waals surface area contributed by atoms with Crippen LogP contribution in [0.1, 0.15) is 18.4 Å². The Bertz CT molecular complexity index is 306. The number of hydrogen-bond acceptors (Lipinski definition) is 2. The van der Waals surface area contributed by atoms with Crippen LogP contribution in [0.4, 0.5) is 0 Å². The fourth-order valence-corrected chi connectivity index (χ4v) is 2.22. The molecule has 1 saturated heterocycles. The molecule has 88 valence electrons. The van der Waals surface area contributed by atoms with Crippen LogP contribution >= 0.6 is 15.9 Å². The second-order valence-electron chi connectivity index (χ2n) is 4.20. The van der Waals surface area contributed by atoms with Crippen LogP contribution in [0.25, 0.3) is 0 Å². The molecule has 1 fully saturated rings. The van der Waals surface area contributed by atoms with Crippen LogP contribution in [-0.2, 0) is 11.2 Å². The molecule has 3 heteroatoms. The molecule has 0 aliphatic carbocycles. The van der Waals surface area contributed by atoms with Crippen LogP contribution in [0.3, 0.4) is 0 Å². The fourth-order valence-electron chi connectivity index (χ4n) is 1.96. The van der Waals surface area contributed by atoms with Crippen molar-refractivity contribution in [2.45, 2.75) is 25.4 Å². The van der Waals surface area contributed by atoms with Crippen molar-refractivity contribution >= 4 is 15.9 Å². The van der Waals surface area contributed by atoms with E-state index in [4.69, 9.17) is 4.74 Å². The van der Waals surface area contributed by atoms with Crippen LogP contribution in [0, 0.1) is 0 Å². The standard InChI is InChI=1S/C13H18BrNO/c14-12-3-1-11(2-4-12)7-10-16-13-5-8-15-9-6-13/h1-4,13,15H,5-10H2. The summed E-state index contributed by atoms with van der Waals surface area (Å²) in [5, 5.41) is 3.34. The van der Waals surface area contributed by atoms with Gasteiger partial charge in [-0.1, -0.05) is 28.1 Å². The lowest BCUT2D eigenvalue weighted by Gasteiger charge is -2.22. The van der Waals surface area contributed by atoms with Gasteiger partial charge in [0.15, 0.2) is 0 Å². The van der Waals surface area contributed by atoms with Crippen molar-refractivity contribution in [3.63, 3.8) is 0 Å². The van der Waals surface area contributed by atoms with Gasteiger partial charge in [-0.3, -0.25) is 0 Å². The highest BCUT2D eigenvalue weighted by molar-refractivity contribution is 9.10. The van der Waals surface area contributed by atoms with Gasteiger partial charge in [-0.15, -0.1) is 0 Å². The molecule has 1 aliphatic heterocycles. The summed E-state index contributed by atoms with van der Waals surface area (Å²) in [4.78, 5) is 0. The number of ether oxygens (including phenoxy) is 1. The first-order valence-corrected chi connectivity index (χ1v) is 6.70. The SMILES string of the molecule is Brc1ccc(CCOC2CCNCC2)cc1. The normalized spacial score (nSPS) is 17.6. The van der Waals surface area contributed by atoms with E-state index >= 15 is 0 Å². The van der Waals surface area contributed by atoms with Crippen molar-refractivity contribution in [2.24, 2.45) is 0 Å². The molecule has 1 aromatic rings. The maximum Gasteiger partial charge on any atom is 0.0599 e. The van der Waals surface area contributed by atoms with E-state index in [-0.39, 0.29) is 0 Å². The van der Waals surface area contributed by atoms with Gasteiger partial charge in [0.2, 0.25) is 0 Å². The number of hydrogen-bond donors (Lipinski definition) is 1. The number of halogens is 1. The summed E-state index contributed by atoms with van der Waals surface area (Å²) in [5.41, 5.74) is 1.34. The molecule has 1 heterocycles. The molecule has 0 spiro atoms. The average molecular weight is 284 g/mol. The van der Waals surface area contributed by atoms with Crippen molar-refractivity contribution in [1.82, 2.24) is 5.32 Å². The zero-order chi connectivity index (χ0) is 11.2. The Hall–Kier alpha value is -0.380. The Balaban J connectivity index is 1.69. The predicted octanol–water partition coefficient (Wildman–Crippen LogP) is 2.76. The molecule has 0 amide bonds. The van der Waals surface area contributed by atoms with E-state index in [1.165, 1.54) is 5.56 Å². The highest BCUT2D eigenvalue weighted by Gasteiger charge is 2.12. The van der Waals surface area contributed by atoms with Crippen molar-refractivity contribution in [1.29, 1.82) is 0 Å². The number of piperidine rings is 1. The molecule has 0 radical (unpaired) electrons. The zero-order valence-corrected chi connectivity index (χ0v) is 11.0. The summed E-state index contributed by atoms with van der Waals surface area (Å²) in [6, 6.07) is 8.46. The van der Waals surface area contributed by atoms with Gasteiger partial charge in [0.1, 0.15) is 0 Å². The Morgan fingerprint density at radius 1 is 1.19 bits per heavy atom. The Morgan fingerprint density at radius 3 is 2.56 bits per heavy atom. The van der Waals surface area contributed by atoms with Crippen LogP contribution < -0.4 is 5.32 Å². The third kappa shape index (κ3) is 3.89. The highest BCUT2D eigenvalue weighted by atomic mass is 79.9. The van der Waals surface area contributed by atoms with Gasteiger partial charge in [-0.25, -0.2) is 0 Å². The Morgan fingerprint density at radius 2 is 1.88 bits per heavy atom. The number of benzene rings is 1. The van der Waals surface area contributed by atoms with Crippen LogP contribution in [0.2, 0.25) is 0 Å². The maximum atomic E-state index is 5.87. The molecule has 0 atom stereocenters. The van der Waals surface area contributed by atoms with Crippen LogP contribution in [-0.4, -0.2) is 25.8 Å². The van der Waals surface area contributed by atoms with Gasteiger partial charge in [0.05, 0.1) is 12.7 Å². The summed E-state index contributed by atoms with van der Waals surface area (Å²) in [5.74, 6) is 0. The van der Waals surface area contributed by atoms with E-state index in [0.717, 1.165) is 43.4 Å². The minimum absolute atomic E-state index is 0.469. The minimum atomic E-state index is 0.469. The van der Waals surface area contributed by atoms with E-state index in [0.29, 0.717) is 6.10 Å². The van der Waals surface area contributed by atoms with E-state index in [2.05, 4.69) is 45.5 Å². The quantitative estimate of drug-likeness (QED) is 0.918. The van der Waals surface area contributed by atoms with Crippen molar-refractivity contribution in [2.75, 3.05) is 19.7 Å². The molecule has 1 aromatic carbocycles. The van der Waals surface area contributed by atoms with E-state index < -0.39 is 0 Å². The molecule has 0 saturated carbocycles. The fraction of sp³-hybridized carbons (Fsp3) is 0.538. The molecule has 0 aromatic heterocycles. The molecular formula is C13H18BrNO. The Kier molecular flexibility index (Phi) is 4.82. The number of rotatable bonds is 4. The Labute approximate surface area is 106 Å². The van der Waals surface area contributed by atoms with Gasteiger partial charge in [0.25, 0.3) is 0 Å². The average Bonchev–Trinajstić information content (AvgIpc) is 2.33. The second kappa shape index (κ2) is 6.38. The first kappa shape index (κ1) is 12.1. The van der Waals surface area contributed by atoms with Gasteiger partial charge < -0.3 is 10.1 Å². The topological polar surface area (TPSA) is 21.3 Å². The summed E-state index contributed by atoms with van der Waals surface area (Å²) in [6.07, 6.45) is 3.79. The van der Waals surface area contributed by atoms with Crippen molar-refractivity contribution < 1.29 is 4.74 Å². The lowest BCUT2D eigenvalue weighted by Crippen LogP contribution is -2.32. The van der Waals surface area contributed by atoms with E-state index in [1.807, 2.05) is 0 Å². The van der Waals surface area contributed by atoms with Gasteiger partial charge in [-0.05, 0) is 50.0 Å². The van der Waals surface area contributed by atoms with Crippen LogP contribution in [0.15, 0.2) is 28.7 Å². The summed E-state index contributed by atoms with van der Waals surface area (Å²) in [7, 11) is 0. The largest absolute Gasteiger partial charge is 0.378 e. The third-order valence-electron chi connectivity index (χ3n) is 2.94. The van der Waals surface area contributed by atoms with Gasteiger partial charge in [-0.2, -0.15) is 0 Å². The van der Waals surface area contributed by atoms with Crippen molar-refractivity contribution in [3.8, 4) is 0 Å². The molecular weight excluding hydrogens is 266 g/mol. The first-order chi connectivity index (χ1) is 7.84.